The SMILES string of the molecule is CCCCC(OCN1CNc2c1nc(N)[nH]c2=O)P(=O)(O)O. The highest BCUT2D eigenvalue weighted by Crippen LogP contribution is 2.44. The zero-order valence-electron chi connectivity index (χ0n) is 12.2. The summed E-state index contributed by atoms with van der Waals surface area (Å²) < 4.78 is 16.8. The van der Waals surface area contributed by atoms with E-state index in [0.29, 0.717) is 12.2 Å². The summed E-state index contributed by atoms with van der Waals surface area (Å²) in [5.74, 6) is -0.896. The van der Waals surface area contributed by atoms with Crippen molar-refractivity contribution in [2.75, 3.05) is 29.3 Å². The van der Waals surface area contributed by atoms with E-state index in [1.165, 1.54) is 0 Å². The van der Waals surface area contributed by atoms with Crippen LogP contribution in [0.4, 0.5) is 17.5 Å². The van der Waals surface area contributed by atoms with Crippen molar-refractivity contribution >= 4 is 25.0 Å². The van der Waals surface area contributed by atoms with Crippen LogP contribution in [0.3, 0.4) is 0 Å². The molecule has 0 bridgehead atoms. The van der Waals surface area contributed by atoms with E-state index in [0.717, 1.165) is 6.42 Å². The molecule has 1 aromatic rings. The molecule has 10 nitrogen and oxygen atoms in total. The third-order valence-corrected chi connectivity index (χ3v) is 4.42. The first-order valence-electron chi connectivity index (χ1n) is 6.88. The Morgan fingerprint density at radius 3 is 2.91 bits per heavy atom. The first-order valence-corrected chi connectivity index (χ1v) is 8.56. The van der Waals surface area contributed by atoms with Gasteiger partial charge in [-0.15, -0.1) is 0 Å². The lowest BCUT2D eigenvalue weighted by atomic mass is 10.3. The van der Waals surface area contributed by atoms with E-state index < -0.39 is 19.0 Å². The average Bonchev–Trinajstić information content (AvgIpc) is 2.80. The molecule has 0 aliphatic carbocycles. The summed E-state index contributed by atoms with van der Waals surface area (Å²) in [5, 5.41) is 2.84. The molecule has 0 saturated carbocycles. The van der Waals surface area contributed by atoms with E-state index in [1.807, 2.05) is 6.92 Å². The van der Waals surface area contributed by atoms with Crippen LogP contribution in [0.25, 0.3) is 0 Å². The largest absolute Gasteiger partial charge is 0.369 e. The monoisotopic (exact) mass is 333 g/mol. The highest BCUT2D eigenvalue weighted by molar-refractivity contribution is 7.52. The van der Waals surface area contributed by atoms with Crippen molar-refractivity contribution in [2.24, 2.45) is 0 Å². The minimum Gasteiger partial charge on any atom is -0.369 e. The Labute approximate surface area is 126 Å². The quantitative estimate of drug-likeness (QED) is 0.440. The number of nitrogen functional groups attached to an aromatic ring is 1. The molecule has 2 heterocycles. The van der Waals surface area contributed by atoms with Crippen molar-refractivity contribution in [1.82, 2.24) is 9.97 Å². The number of nitrogens with one attached hydrogen (secondary N) is 2. The zero-order chi connectivity index (χ0) is 16.3. The van der Waals surface area contributed by atoms with Crippen LogP contribution in [0.15, 0.2) is 4.79 Å². The first-order chi connectivity index (χ1) is 10.3. The lowest BCUT2D eigenvalue weighted by molar-refractivity contribution is 0.0799. The van der Waals surface area contributed by atoms with Crippen molar-refractivity contribution in [1.29, 1.82) is 0 Å². The van der Waals surface area contributed by atoms with Gasteiger partial charge in [0.05, 0.1) is 6.67 Å². The molecular weight excluding hydrogens is 313 g/mol. The van der Waals surface area contributed by atoms with E-state index in [9.17, 15) is 19.1 Å². The standard InChI is InChI=1S/C11H20N5O5P/c1-2-3-4-7(22(18,19)20)21-6-16-5-13-8-9(16)14-11(12)15-10(8)17/h7,13H,2-6H2,1H3,(H2,18,19,20)(H3,12,14,15,17). The van der Waals surface area contributed by atoms with Gasteiger partial charge >= 0.3 is 7.60 Å². The smallest absolute Gasteiger partial charge is 0.354 e. The molecule has 1 aromatic heterocycles. The highest BCUT2D eigenvalue weighted by atomic mass is 31.2. The molecular formula is C11H20N5O5P. The number of fused-ring (bicyclic) bond motifs is 1. The number of hydrogen-bond acceptors (Lipinski definition) is 7. The molecule has 22 heavy (non-hydrogen) atoms. The Hall–Kier alpha value is -1.61. The van der Waals surface area contributed by atoms with Crippen molar-refractivity contribution < 1.29 is 19.1 Å². The minimum atomic E-state index is -4.35. The highest BCUT2D eigenvalue weighted by Gasteiger charge is 2.31. The maximum atomic E-state index is 11.7. The van der Waals surface area contributed by atoms with Gasteiger partial charge in [0.15, 0.2) is 11.7 Å². The summed E-state index contributed by atoms with van der Waals surface area (Å²) in [6.07, 6.45) is 1.72. The molecule has 124 valence electrons. The molecule has 0 amide bonds. The molecule has 6 N–H and O–H groups in total. The molecule has 0 radical (unpaired) electrons. The second kappa shape index (κ2) is 6.66. The Kier molecular flexibility index (Phi) is 5.07. The lowest BCUT2D eigenvalue weighted by Gasteiger charge is -2.23. The molecule has 11 heteroatoms. The van der Waals surface area contributed by atoms with E-state index in [4.69, 9.17) is 10.5 Å². The summed E-state index contributed by atoms with van der Waals surface area (Å²) >= 11 is 0. The number of aromatic nitrogens is 2. The van der Waals surface area contributed by atoms with Gasteiger partial charge in [-0.05, 0) is 6.42 Å². The number of aromatic amines is 1. The summed E-state index contributed by atoms with van der Waals surface area (Å²) in [5.41, 5.74) is 5.36. The summed E-state index contributed by atoms with van der Waals surface area (Å²) in [7, 11) is -4.35. The number of hydrogen-bond donors (Lipinski definition) is 5. The van der Waals surface area contributed by atoms with Gasteiger partial charge in [0.25, 0.3) is 5.56 Å². The molecule has 1 unspecified atom stereocenters. The van der Waals surface area contributed by atoms with Gasteiger partial charge in [0, 0.05) is 0 Å². The van der Waals surface area contributed by atoms with E-state index >= 15 is 0 Å². The van der Waals surface area contributed by atoms with Crippen LogP contribution < -0.4 is 21.5 Å². The second-order valence-electron chi connectivity index (χ2n) is 5.01. The van der Waals surface area contributed by atoms with Crippen molar-refractivity contribution in [3.63, 3.8) is 0 Å². The molecule has 0 saturated heterocycles. The summed E-state index contributed by atoms with van der Waals surface area (Å²) in [6, 6.07) is 0. The van der Waals surface area contributed by atoms with E-state index in [-0.39, 0.29) is 31.5 Å². The van der Waals surface area contributed by atoms with Gasteiger partial charge in [-0.2, -0.15) is 4.98 Å². The fraction of sp³-hybridized carbons (Fsp3) is 0.636. The van der Waals surface area contributed by atoms with Gasteiger partial charge < -0.3 is 30.5 Å². The molecule has 2 rings (SSSR count). The van der Waals surface area contributed by atoms with Crippen molar-refractivity contribution in [3.8, 4) is 0 Å². The number of anilines is 3. The number of ether oxygens (including phenoxy) is 1. The molecule has 1 aliphatic rings. The van der Waals surface area contributed by atoms with Crippen LogP contribution in [-0.4, -0.2) is 39.0 Å². The fourth-order valence-corrected chi connectivity index (χ4v) is 2.91. The lowest BCUT2D eigenvalue weighted by Crippen LogP contribution is -2.29. The predicted octanol–water partition coefficient (Wildman–Crippen LogP) is 0.210. The summed E-state index contributed by atoms with van der Waals surface area (Å²) in [6.45, 7) is 2.07. The number of nitrogens with zero attached hydrogens (tertiary/aromatic N) is 2. The van der Waals surface area contributed by atoms with Gasteiger partial charge in [-0.25, -0.2) is 0 Å². The molecule has 0 aromatic carbocycles. The number of nitrogens with two attached hydrogens (primary N) is 1. The van der Waals surface area contributed by atoms with Crippen molar-refractivity contribution in [3.05, 3.63) is 10.4 Å². The summed E-state index contributed by atoms with van der Waals surface area (Å²) in [4.78, 5) is 38.3. The van der Waals surface area contributed by atoms with Crippen LogP contribution >= 0.6 is 7.60 Å². The molecule has 0 spiro atoms. The predicted molar refractivity (Wildman–Crippen MR) is 81.5 cm³/mol. The average molecular weight is 333 g/mol. The first kappa shape index (κ1) is 16.8. The topological polar surface area (TPSA) is 154 Å². The normalized spacial score (nSPS) is 15.5. The Morgan fingerprint density at radius 1 is 1.55 bits per heavy atom. The van der Waals surface area contributed by atoms with Crippen LogP contribution in [-0.2, 0) is 9.30 Å². The second-order valence-corrected chi connectivity index (χ2v) is 6.76. The van der Waals surface area contributed by atoms with Gasteiger partial charge in [0.1, 0.15) is 12.4 Å². The Bertz CT molecular complexity index is 630. The molecule has 1 aliphatic heterocycles. The Balaban J connectivity index is 2.07. The Morgan fingerprint density at radius 2 is 2.27 bits per heavy atom. The van der Waals surface area contributed by atoms with Gasteiger partial charge in [-0.3, -0.25) is 14.3 Å². The van der Waals surface area contributed by atoms with Crippen LogP contribution in [0.1, 0.15) is 26.2 Å². The molecule has 0 fully saturated rings. The molecule has 1 atom stereocenters. The third-order valence-electron chi connectivity index (χ3n) is 3.27. The van der Waals surface area contributed by atoms with Gasteiger partial charge in [-0.1, -0.05) is 19.8 Å². The number of rotatable bonds is 7. The van der Waals surface area contributed by atoms with E-state index in [2.05, 4.69) is 15.3 Å². The minimum absolute atomic E-state index is 0.0324. The van der Waals surface area contributed by atoms with Crippen molar-refractivity contribution in [2.45, 2.75) is 32.0 Å². The maximum Gasteiger partial charge on any atom is 0.354 e. The zero-order valence-corrected chi connectivity index (χ0v) is 13.0. The number of H-pyrrole nitrogens is 1. The third kappa shape index (κ3) is 3.77. The maximum absolute atomic E-state index is 11.7. The van der Waals surface area contributed by atoms with Crippen LogP contribution in [0, 0.1) is 0 Å². The fourth-order valence-electron chi connectivity index (χ4n) is 2.13. The van der Waals surface area contributed by atoms with E-state index in [1.54, 1.807) is 4.90 Å². The van der Waals surface area contributed by atoms with Crippen LogP contribution in [0.5, 0.6) is 0 Å². The number of unbranched alkanes of at least 4 members (excludes halogenated alkanes) is 1. The van der Waals surface area contributed by atoms with Crippen LogP contribution in [0.2, 0.25) is 0 Å². The van der Waals surface area contributed by atoms with Gasteiger partial charge in [0.2, 0.25) is 5.95 Å².